The first-order chi connectivity index (χ1) is 12.2. The van der Waals surface area contributed by atoms with Gasteiger partial charge in [0.15, 0.2) is 15.6 Å². The fourth-order valence-electron chi connectivity index (χ4n) is 3.53. The van der Waals surface area contributed by atoms with Gasteiger partial charge in [0.1, 0.15) is 24.7 Å². The van der Waals surface area contributed by atoms with Crippen molar-refractivity contribution in [1.29, 1.82) is 0 Å². The second kappa shape index (κ2) is 6.94. The Hall–Kier alpha value is -2.03. The Bertz CT molecular complexity index is 824. The molecular formula is C17H21FN2O5S. The van der Waals surface area contributed by atoms with Crippen LogP contribution in [0.4, 0.5) is 4.39 Å². The Morgan fingerprint density at radius 2 is 2.00 bits per heavy atom. The van der Waals surface area contributed by atoms with Gasteiger partial charge < -0.3 is 10.5 Å². The number of rotatable bonds is 9. The topological polar surface area (TPSA) is 116 Å². The summed E-state index contributed by atoms with van der Waals surface area (Å²) in [7, 11) is -3.24. The van der Waals surface area contributed by atoms with E-state index in [4.69, 9.17) is 10.5 Å². The second-order valence-corrected chi connectivity index (χ2v) is 9.26. The normalized spacial score (nSPS) is 20.2. The lowest BCUT2D eigenvalue weighted by Gasteiger charge is -2.39. The molecule has 1 aromatic rings. The lowest BCUT2D eigenvalue weighted by atomic mass is 9.81. The van der Waals surface area contributed by atoms with Gasteiger partial charge in [-0.3, -0.25) is 14.6 Å². The number of hydrogen-bond acceptors (Lipinski definition) is 6. The molecule has 0 bridgehead atoms. The lowest BCUT2D eigenvalue weighted by molar-refractivity contribution is -0.119. The maximum Gasteiger partial charge on any atom is 0.218 e. The average Bonchev–Trinajstić information content (AvgIpc) is 3.34. The van der Waals surface area contributed by atoms with Crippen molar-refractivity contribution in [2.24, 2.45) is 11.1 Å². The Kier molecular flexibility index (Phi) is 5.01. The third-order valence-electron chi connectivity index (χ3n) is 4.67. The van der Waals surface area contributed by atoms with Crippen LogP contribution in [0.5, 0.6) is 5.75 Å². The summed E-state index contributed by atoms with van der Waals surface area (Å²) in [5.41, 5.74) is 5.23. The van der Waals surface area contributed by atoms with E-state index < -0.39 is 27.8 Å². The van der Waals surface area contributed by atoms with E-state index in [9.17, 15) is 22.4 Å². The van der Waals surface area contributed by atoms with Crippen LogP contribution in [0.25, 0.3) is 0 Å². The van der Waals surface area contributed by atoms with E-state index in [1.54, 1.807) is 6.20 Å². The molecule has 1 aliphatic carbocycles. The van der Waals surface area contributed by atoms with Crippen molar-refractivity contribution in [3.05, 3.63) is 23.5 Å². The summed E-state index contributed by atoms with van der Waals surface area (Å²) in [5, 5.41) is 0. The van der Waals surface area contributed by atoms with E-state index in [1.807, 2.05) is 0 Å². The van der Waals surface area contributed by atoms with Crippen molar-refractivity contribution in [2.75, 3.05) is 24.8 Å². The van der Waals surface area contributed by atoms with Crippen LogP contribution in [0.1, 0.15) is 47.7 Å². The summed E-state index contributed by atoms with van der Waals surface area (Å²) in [6.45, 7) is -0.753. The van der Waals surface area contributed by atoms with Gasteiger partial charge >= 0.3 is 0 Å². The van der Waals surface area contributed by atoms with Crippen LogP contribution in [0.2, 0.25) is 0 Å². The highest BCUT2D eigenvalue weighted by Gasteiger charge is 2.50. The predicted molar refractivity (Wildman–Crippen MR) is 91.5 cm³/mol. The molecule has 1 saturated carbocycles. The quantitative estimate of drug-likeness (QED) is 0.639. The van der Waals surface area contributed by atoms with Crippen LogP contribution < -0.4 is 10.5 Å². The van der Waals surface area contributed by atoms with Crippen LogP contribution in [0, 0.1) is 5.41 Å². The van der Waals surface area contributed by atoms with Gasteiger partial charge in [-0.2, -0.15) is 0 Å². The molecule has 0 aromatic carbocycles. The summed E-state index contributed by atoms with van der Waals surface area (Å²) < 4.78 is 41.0. The highest BCUT2D eigenvalue weighted by molar-refractivity contribution is 7.92. The largest absolute Gasteiger partial charge is 0.490 e. The molecule has 0 radical (unpaired) electrons. The minimum atomic E-state index is -3.24. The molecule has 3 rings (SSSR count). The Morgan fingerprint density at radius 3 is 2.54 bits per heavy atom. The van der Waals surface area contributed by atoms with Crippen LogP contribution in [-0.4, -0.2) is 49.9 Å². The fraction of sp³-hybridized carbons (Fsp3) is 0.588. The molecule has 2 heterocycles. The van der Waals surface area contributed by atoms with Crippen LogP contribution in [-0.2, 0) is 14.6 Å². The summed E-state index contributed by atoms with van der Waals surface area (Å²) in [4.78, 5) is 28.1. The van der Waals surface area contributed by atoms with Gasteiger partial charge in [0.25, 0.3) is 0 Å². The van der Waals surface area contributed by atoms with Crippen molar-refractivity contribution in [3.63, 3.8) is 0 Å². The van der Waals surface area contributed by atoms with Crippen LogP contribution >= 0.6 is 0 Å². The van der Waals surface area contributed by atoms with Gasteiger partial charge in [0, 0.05) is 36.1 Å². The fourth-order valence-corrected chi connectivity index (χ4v) is 5.72. The number of primary amides is 1. The Balaban J connectivity index is 1.79. The zero-order valence-corrected chi connectivity index (χ0v) is 15.1. The zero-order chi connectivity index (χ0) is 18.9. The number of carbonyl (C=O) groups excluding carboxylic acids is 2. The van der Waals surface area contributed by atoms with Crippen molar-refractivity contribution >= 4 is 21.5 Å². The smallest absolute Gasteiger partial charge is 0.218 e. The molecular weight excluding hydrogens is 363 g/mol. The van der Waals surface area contributed by atoms with E-state index in [1.165, 1.54) is 6.07 Å². The first-order valence-corrected chi connectivity index (χ1v) is 10.3. The van der Waals surface area contributed by atoms with Gasteiger partial charge in [-0.15, -0.1) is 0 Å². The second-order valence-electron chi connectivity index (χ2n) is 7.19. The number of aromatic nitrogens is 1. The number of ether oxygens (including phenoxy) is 1. The number of pyridine rings is 1. The van der Waals surface area contributed by atoms with Crippen molar-refractivity contribution in [1.82, 2.24) is 4.98 Å². The number of carbonyl (C=O) groups is 2. The molecule has 26 heavy (non-hydrogen) atoms. The monoisotopic (exact) mass is 384 g/mol. The maximum absolute atomic E-state index is 12.6. The van der Waals surface area contributed by atoms with Crippen molar-refractivity contribution in [3.8, 4) is 5.75 Å². The van der Waals surface area contributed by atoms with E-state index in [0.29, 0.717) is 11.7 Å². The van der Waals surface area contributed by atoms with Crippen LogP contribution in [0.15, 0.2) is 12.3 Å². The van der Waals surface area contributed by atoms with Gasteiger partial charge in [0.05, 0.1) is 11.5 Å². The van der Waals surface area contributed by atoms with Crippen molar-refractivity contribution < 1.29 is 27.1 Å². The maximum atomic E-state index is 12.6. The SMILES string of the molecule is NC(=O)CC1(CC(=O)c2cc(OCCF)c(C3CC3)cn2)CS(=O)(=O)C1. The highest BCUT2D eigenvalue weighted by Crippen LogP contribution is 2.45. The third-order valence-corrected chi connectivity index (χ3v) is 6.77. The van der Waals surface area contributed by atoms with E-state index >= 15 is 0 Å². The van der Waals surface area contributed by atoms with E-state index in [2.05, 4.69) is 4.98 Å². The number of nitrogens with zero attached hydrogens (tertiary/aromatic N) is 1. The number of Topliss-reactive ketones (excluding diaryl/α,β-unsaturated/α-hetero) is 1. The van der Waals surface area contributed by atoms with Gasteiger partial charge in [-0.05, 0) is 18.8 Å². The molecule has 0 unspecified atom stereocenters. The number of hydrogen-bond donors (Lipinski definition) is 1. The van der Waals surface area contributed by atoms with Crippen molar-refractivity contribution in [2.45, 2.75) is 31.6 Å². The molecule has 2 aliphatic rings. The minimum Gasteiger partial charge on any atom is -0.490 e. The highest BCUT2D eigenvalue weighted by atomic mass is 32.2. The number of alkyl halides is 1. The van der Waals surface area contributed by atoms with Crippen LogP contribution in [0.3, 0.4) is 0 Å². The lowest BCUT2D eigenvalue weighted by Crippen LogP contribution is -2.51. The number of halogens is 1. The minimum absolute atomic E-state index is 0.110. The number of amides is 1. The summed E-state index contributed by atoms with van der Waals surface area (Å²) in [6.07, 6.45) is 3.27. The average molecular weight is 384 g/mol. The number of sulfone groups is 1. The first kappa shape index (κ1) is 18.8. The third kappa shape index (κ3) is 4.20. The van der Waals surface area contributed by atoms with Gasteiger partial charge in [-0.1, -0.05) is 0 Å². The molecule has 1 amide bonds. The summed E-state index contributed by atoms with van der Waals surface area (Å²) in [6, 6.07) is 1.48. The van der Waals surface area contributed by atoms with E-state index in [0.717, 1.165) is 18.4 Å². The summed E-state index contributed by atoms with van der Waals surface area (Å²) in [5.74, 6) is -0.738. The van der Waals surface area contributed by atoms with Gasteiger partial charge in [0.2, 0.25) is 5.91 Å². The molecule has 7 nitrogen and oxygen atoms in total. The summed E-state index contributed by atoms with van der Waals surface area (Å²) >= 11 is 0. The number of ketones is 1. The zero-order valence-electron chi connectivity index (χ0n) is 14.2. The molecule has 1 aromatic heterocycles. The molecule has 1 aliphatic heterocycles. The molecule has 0 atom stereocenters. The molecule has 2 fully saturated rings. The molecule has 1 saturated heterocycles. The molecule has 9 heteroatoms. The van der Waals surface area contributed by atoms with Gasteiger partial charge in [-0.25, -0.2) is 12.8 Å². The predicted octanol–water partition coefficient (Wildman–Crippen LogP) is 1.17. The van der Waals surface area contributed by atoms with E-state index in [-0.39, 0.29) is 42.4 Å². The molecule has 0 spiro atoms. The molecule has 2 N–H and O–H groups in total. The Labute approximate surface area is 151 Å². The number of nitrogens with two attached hydrogens (primary N) is 1. The molecule has 142 valence electrons. The Morgan fingerprint density at radius 1 is 1.31 bits per heavy atom. The first-order valence-electron chi connectivity index (χ1n) is 8.44. The standard InChI is InChI=1S/C17H21FN2O5S/c18-3-4-25-15-5-13(20-8-12(15)11-1-2-11)14(21)6-17(7-16(19)22)9-26(23,24)10-17/h5,8,11H,1-4,6-7,9-10H2,(H2,19,22).